The van der Waals surface area contributed by atoms with Gasteiger partial charge in [-0.1, -0.05) is 30.3 Å². The van der Waals surface area contributed by atoms with Crippen molar-refractivity contribution in [3.05, 3.63) is 82.3 Å². The predicted octanol–water partition coefficient (Wildman–Crippen LogP) is 3.82. The summed E-state index contributed by atoms with van der Waals surface area (Å²) in [4.78, 5) is 29.3. The van der Waals surface area contributed by atoms with E-state index in [9.17, 15) is 9.59 Å². The third-order valence-electron chi connectivity index (χ3n) is 3.55. The molecule has 0 saturated carbocycles. The first-order valence-corrected chi connectivity index (χ1v) is 9.71. The highest BCUT2D eigenvalue weighted by Gasteiger charge is 2.23. The van der Waals surface area contributed by atoms with Gasteiger partial charge < -0.3 is 10.5 Å². The van der Waals surface area contributed by atoms with Crippen LogP contribution in [0.2, 0.25) is 0 Å². The van der Waals surface area contributed by atoms with Crippen LogP contribution >= 0.6 is 23.1 Å². The highest BCUT2D eigenvalue weighted by atomic mass is 32.2. The summed E-state index contributed by atoms with van der Waals surface area (Å²) >= 11 is 3.20. The fourth-order valence-corrected chi connectivity index (χ4v) is 3.71. The summed E-state index contributed by atoms with van der Waals surface area (Å²) in [6.45, 7) is 0. The van der Waals surface area contributed by atoms with Crippen molar-refractivity contribution in [2.24, 2.45) is 5.73 Å². The van der Waals surface area contributed by atoms with E-state index in [-0.39, 0.29) is 0 Å². The maximum atomic E-state index is 12.3. The highest BCUT2D eigenvalue weighted by molar-refractivity contribution is 7.98. The topological polar surface area (TPSA) is 82.3 Å². The van der Waals surface area contributed by atoms with Crippen LogP contribution in [0.1, 0.15) is 27.7 Å². The van der Waals surface area contributed by atoms with Crippen molar-refractivity contribution in [2.45, 2.75) is 16.8 Å². The molecule has 2 N–H and O–H groups in total. The van der Waals surface area contributed by atoms with E-state index < -0.39 is 18.0 Å². The number of rotatable bonds is 7. The van der Waals surface area contributed by atoms with Gasteiger partial charge in [-0.25, -0.2) is 9.78 Å². The van der Waals surface area contributed by atoms with Gasteiger partial charge in [0.2, 0.25) is 6.10 Å². The van der Waals surface area contributed by atoms with E-state index in [1.54, 1.807) is 65.0 Å². The fraction of sp³-hybridized carbons (Fsp3) is 0.105. The Morgan fingerprint density at radius 3 is 2.46 bits per heavy atom. The molecule has 7 heteroatoms. The number of esters is 1. The number of ether oxygens (including phenoxy) is 1. The van der Waals surface area contributed by atoms with E-state index >= 15 is 0 Å². The molecular formula is C19H16N2O3S2. The zero-order valence-electron chi connectivity index (χ0n) is 13.7. The smallest absolute Gasteiger partial charge is 0.339 e. The summed E-state index contributed by atoms with van der Waals surface area (Å²) in [5, 5.41) is 2.01. The Morgan fingerprint density at radius 1 is 1.12 bits per heavy atom. The predicted molar refractivity (Wildman–Crippen MR) is 102 cm³/mol. The van der Waals surface area contributed by atoms with Crippen LogP contribution in [0, 0.1) is 0 Å². The molecule has 26 heavy (non-hydrogen) atoms. The molecule has 3 aromatic rings. The minimum atomic E-state index is -1.11. The molecule has 0 aliphatic rings. The van der Waals surface area contributed by atoms with Crippen LogP contribution in [0.25, 0.3) is 0 Å². The summed E-state index contributed by atoms with van der Waals surface area (Å²) in [5.41, 5.74) is 9.12. The van der Waals surface area contributed by atoms with Gasteiger partial charge in [0.15, 0.2) is 0 Å². The lowest BCUT2D eigenvalue weighted by Crippen LogP contribution is -2.26. The number of primary amides is 1. The van der Waals surface area contributed by atoms with Crippen molar-refractivity contribution < 1.29 is 14.3 Å². The minimum absolute atomic E-state index is 0.366. The fourth-order valence-electron chi connectivity index (χ4n) is 2.25. The van der Waals surface area contributed by atoms with Crippen molar-refractivity contribution in [1.82, 2.24) is 4.98 Å². The molecule has 0 radical (unpaired) electrons. The van der Waals surface area contributed by atoms with Gasteiger partial charge >= 0.3 is 5.97 Å². The van der Waals surface area contributed by atoms with Crippen molar-refractivity contribution >= 4 is 35.0 Å². The summed E-state index contributed by atoms with van der Waals surface area (Å²) in [5.74, 6) is -0.529. The molecule has 5 nitrogen and oxygen atoms in total. The molecule has 0 saturated heterocycles. The first-order chi connectivity index (χ1) is 12.6. The SMILES string of the molecule is NC(=O)[C@@H](OC(=O)c1ccc(SCc2cscn2)cc1)c1ccccc1. The molecule has 1 aromatic heterocycles. The van der Waals surface area contributed by atoms with Gasteiger partial charge in [0.05, 0.1) is 16.8 Å². The molecule has 1 atom stereocenters. The Morgan fingerprint density at radius 2 is 1.85 bits per heavy atom. The summed E-state index contributed by atoms with van der Waals surface area (Å²) < 4.78 is 5.31. The Bertz CT molecular complexity index is 866. The Balaban J connectivity index is 1.64. The minimum Gasteiger partial charge on any atom is -0.444 e. The van der Waals surface area contributed by atoms with E-state index in [1.807, 2.05) is 23.6 Å². The number of hydrogen-bond donors (Lipinski definition) is 1. The van der Waals surface area contributed by atoms with Crippen LogP contribution in [0.5, 0.6) is 0 Å². The zero-order chi connectivity index (χ0) is 18.4. The van der Waals surface area contributed by atoms with Gasteiger partial charge in [0, 0.05) is 21.6 Å². The number of aromatic nitrogens is 1. The Kier molecular flexibility index (Phi) is 6.04. The third kappa shape index (κ3) is 4.71. The van der Waals surface area contributed by atoms with Crippen molar-refractivity contribution in [3.8, 4) is 0 Å². The third-order valence-corrected chi connectivity index (χ3v) is 5.23. The lowest BCUT2D eigenvalue weighted by molar-refractivity contribution is -0.127. The number of thioether (sulfide) groups is 1. The van der Waals surface area contributed by atoms with Gasteiger partial charge in [0.1, 0.15) is 0 Å². The molecular weight excluding hydrogens is 368 g/mol. The second kappa shape index (κ2) is 8.64. The molecule has 1 heterocycles. The highest BCUT2D eigenvalue weighted by Crippen LogP contribution is 2.24. The zero-order valence-corrected chi connectivity index (χ0v) is 15.3. The number of hydrogen-bond acceptors (Lipinski definition) is 6. The van der Waals surface area contributed by atoms with E-state index in [2.05, 4.69) is 4.98 Å². The summed E-state index contributed by atoms with van der Waals surface area (Å²) in [6.07, 6.45) is -1.11. The maximum absolute atomic E-state index is 12.3. The molecule has 0 aliphatic heterocycles. The Labute approximate surface area is 159 Å². The molecule has 0 aliphatic carbocycles. The van der Waals surface area contributed by atoms with E-state index in [0.29, 0.717) is 11.1 Å². The first-order valence-electron chi connectivity index (χ1n) is 7.78. The van der Waals surface area contributed by atoms with Crippen molar-refractivity contribution in [3.63, 3.8) is 0 Å². The molecule has 0 unspecified atom stereocenters. The van der Waals surface area contributed by atoms with Crippen LogP contribution in [0.3, 0.4) is 0 Å². The number of carbonyl (C=O) groups excluding carboxylic acids is 2. The van der Waals surface area contributed by atoms with Crippen LogP contribution < -0.4 is 5.73 Å². The van der Waals surface area contributed by atoms with Crippen molar-refractivity contribution in [2.75, 3.05) is 0 Å². The van der Waals surface area contributed by atoms with E-state index in [0.717, 1.165) is 16.3 Å². The van der Waals surface area contributed by atoms with Gasteiger partial charge in [-0.2, -0.15) is 0 Å². The van der Waals surface area contributed by atoms with Crippen LogP contribution in [-0.4, -0.2) is 16.9 Å². The standard InChI is InChI=1S/C19H16N2O3S2/c20-18(22)17(13-4-2-1-3-5-13)24-19(23)14-6-8-16(9-7-14)26-11-15-10-25-12-21-15/h1-10,12,17H,11H2,(H2,20,22)/t17-/m0/s1. The summed E-state index contributed by atoms with van der Waals surface area (Å²) in [7, 11) is 0. The van der Waals surface area contributed by atoms with Gasteiger partial charge in [0.25, 0.3) is 5.91 Å². The largest absolute Gasteiger partial charge is 0.444 e. The lowest BCUT2D eigenvalue weighted by atomic mass is 10.1. The number of carbonyl (C=O) groups is 2. The van der Waals surface area contributed by atoms with Gasteiger partial charge in [-0.05, 0) is 24.3 Å². The first kappa shape index (κ1) is 18.2. The normalized spacial score (nSPS) is 11.7. The molecule has 3 rings (SSSR count). The molecule has 132 valence electrons. The van der Waals surface area contributed by atoms with Gasteiger partial charge in [-0.15, -0.1) is 23.1 Å². The molecule has 0 bridgehead atoms. The number of thiazole rings is 1. The average Bonchev–Trinajstić information content (AvgIpc) is 3.19. The monoisotopic (exact) mass is 384 g/mol. The van der Waals surface area contributed by atoms with Crippen LogP contribution in [0.15, 0.2) is 70.4 Å². The second-order valence-corrected chi connectivity index (χ2v) is 7.16. The van der Waals surface area contributed by atoms with Crippen LogP contribution in [-0.2, 0) is 15.3 Å². The van der Waals surface area contributed by atoms with Crippen LogP contribution in [0.4, 0.5) is 0 Å². The second-order valence-electron chi connectivity index (χ2n) is 5.39. The number of benzene rings is 2. The Hall–Kier alpha value is -2.64. The molecule has 0 spiro atoms. The average molecular weight is 384 g/mol. The maximum Gasteiger partial charge on any atom is 0.339 e. The number of nitrogens with zero attached hydrogens (tertiary/aromatic N) is 1. The quantitative estimate of drug-likeness (QED) is 0.495. The van der Waals surface area contributed by atoms with E-state index in [1.165, 1.54) is 0 Å². The molecule has 2 aromatic carbocycles. The summed E-state index contributed by atoms with van der Waals surface area (Å²) in [6, 6.07) is 15.8. The van der Waals surface area contributed by atoms with E-state index in [4.69, 9.17) is 10.5 Å². The molecule has 1 amide bonds. The van der Waals surface area contributed by atoms with Crippen molar-refractivity contribution in [1.29, 1.82) is 0 Å². The molecule has 0 fully saturated rings. The number of nitrogens with two attached hydrogens (primary N) is 1. The lowest BCUT2D eigenvalue weighted by Gasteiger charge is -2.15. The van der Waals surface area contributed by atoms with Gasteiger partial charge in [-0.3, -0.25) is 4.79 Å². The number of amides is 1.